The van der Waals surface area contributed by atoms with E-state index >= 15 is 0 Å². The lowest BCUT2D eigenvalue weighted by molar-refractivity contribution is 0.163. The van der Waals surface area contributed by atoms with E-state index in [0.29, 0.717) is 6.61 Å². The highest BCUT2D eigenvalue weighted by atomic mass is 32.2. The number of benzene rings is 1. The van der Waals surface area contributed by atoms with Crippen molar-refractivity contribution in [2.75, 3.05) is 19.0 Å². The predicted molar refractivity (Wildman–Crippen MR) is 65.2 cm³/mol. The van der Waals surface area contributed by atoms with Crippen molar-refractivity contribution < 1.29 is 13.2 Å². The fourth-order valence-electron chi connectivity index (χ4n) is 1.41. The van der Waals surface area contributed by atoms with Crippen molar-refractivity contribution in [3.8, 4) is 0 Å². The Balaban J connectivity index is 2.63. The first kappa shape index (κ1) is 13.2. The Bertz CT molecular complexity index is 424. The zero-order chi connectivity index (χ0) is 12.0. The number of rotatable bonds is 6. The van der Waals surface area contributed by atoms with Gasteiger partial charge in [-0.1, -0.05) is 24.3 Å². The van der Waals surface area contributed by atoms with Gasteiger partial charge in [-0.05, 0) is 25.0 Å². The van der Waals surface area contributed by atoms with Gasteiger partial charge in [0.1, 0.15) is 0 Å². The van der Waals surface area contributed by atoms with Gasteiger partial charge in [-0.15, -0.1) is 0 Å². The lowest BCUT2D eigenvalue weighted by Crippen LogP contribution is -2.14. The maximum atomic E-state index is 11.7. The summed E-state index contributed by atoms with van der Waals surface area (Å²) in [6, 6.07) is 7.55. The van der Waals surface area contributed by atoms with Crippen molar-refractivity contribution in [3.63, 3.8) is 0 Å². The van der Waals surface area contributed by atoms with Crippen LogP contribution in [0.5, 0.6) is 0 Å². The van der Waals surface area contributed by atoms with Crippen molar-refractivity contribution in [2.45, 2.75) is 19.6 Å². The minimum Gasteiger partial charge on any atom is -0.381 e. The maximum Gasteiger partial charge on any atom is 0.156 e. The summed E-state index contributed by atoms with van der Waals surface area (Å²) in [5.74, 6) is 0.196. The summed E-state index contributed by atoms with van der Waals surface area (Å²) in [4.78, 5) is 0. The lowest BCUT2D eigenvalue weighted by Gasteiger charge is -2.07. The zero-order valence-electron chi connectivity index (χ0n) is 9.77. The van der Waals surface area contributed by atoms with Crippen LogP contribution in [-0.4, -0.2) is 27.4 Å². The first-order chi connectivity index (χ1) is 7.55. The average Bonchev–Trinajstić information content (AvgIpc) is 2.21. The van der Waals surface area contributed by atoms with Gasteiger partial charge in [0.15, 0.2) is 9.84 Å². The Hall–Kier alpha value is -0.870. The molecule has 0 aliphatic carbocycles. The van der Waals surface area contributed by atoms with Crippen molar-refractivity contribution in [2.24, 2.45) is 0 Å². The average molecular weight is 242 g/mol. The van der Waals surface area contributed by atoms with E-state index in [4.69, 9.17) is 4.74 Å². The minimum absolute atomic E-state index is 0.0924. The van der Waals surface area contributed by atoms with E-state index in [1.165, 1.54) is 0 Å². The van der Waals surface area contributed by atoms with Crippen LogP contribution in [-0.2, 0) is 20.3 Å². The van der Waals surface area contributed by atoms with Gasteiger partial charge in [0, 0.05) is 6.61 Å². The van der Waals surface area contributed by atoms with Crippen molar-refractivity contribution in [3.05, 3.63) is 35.4 Å². The highest BCUT2D eigenvalue weighted by Gasteiger charge is 2.12. The molecule has 0 saturated carbocycles. The smallest absolute Gasteiger partial charge is 0.156 e. The van der Waals surface area contributed by atoms with E-state index in [1.807, 2.05) is 38.1 Å². The molecular weight excluding hydrogens is 224 g/mol. The SMILES string of the molecule is CCOCCS(=O)(=O)Cc1ccccc1C. The molecule has 0 N–H and O–H groups in total. The summed E-state index contributed by atoms with van der Waals surface area (Å²) in [6.45, 7) is 4.62. The van der Waals surface area contributed by atoms with Gasteiger partial charge in [-0.2, -0.15) is 0 Å². The van der Waals surface area contributed by atoms with Crippen LogP contribution in [0.1, 0.15) is 18.1 Å². The molecule has 0 radical (unpaired) electrons. The van der Waals surface area contributed by atoms with E-state index in [2.05, 4.69) is 0 Å². The molecule has 0 heterocycles. The van der Waals surface area contributed by atoms with E-state index in [1.54, 1.807) is 0 Å². The molecule has 0 unspecified atom stereocenters. The molecular formula is C12H18O3S. The molecule has 0 spiro atoms. The summed E-state index contributed by atoms with van der Waals surface area (Å²) in [5.41, 5.74) is 1.89. The van der Waals surface area contributed by atoms with Crippen LogP contribution in [0, 0.1) is 6.92 Å². The summed E-state index contributed by atoms with van der Waals surface area (Å²) in [7, 11) is -3.05. The molecule has 0 atom stereocenters. The largest absolute Gasteiger partial charge is 0.381 e. The number of sulfone groups is 1. The Labute approximate surface area is 97.4 Å². The van der Waals surface area contributed by atoms with Crippen molar-refractivity contribution >= 4 is 9.84 Å². The molecule has 0 fully saturated rings. The van der Waals surface area contributed by atoms with Crippen LogP contribution >= 0.6 is 0 Å². The van der Waals surface area contributed by atoms with Gasteiger partial charge in [0.05, 0.1) is 18.1 Å². The number of hydrogen-bond donors (Lipinski definition) is 0. The quantitative estimate of drug-likeness (QED) is 0.716. The highest BCUT2D eigenvalue weighted by molar-refractivity contribution is 7.90. The number of hydrogen-bond acceptors (Lipinski definition) is 3. The highest BCUT2D eigenvalue weighted by Crippen LogP contribution is 2.11. The third kappa shape index (κ3) is 4.33. The van der Waals surface area contributed by atoms with Crippen molar-refractivity contribution in [1.82, 2.24) is 0 Å². The molecule has 0 bridgehead atoms. The molecule has 1 aromatic rings. The van der Waals surface area contributed by atoms with Crippen LogP contribution in [0.2, 0.25) is 0 Å². The molecule has 4 heteroatoms. The zero-order valence-corrected chi connectivity index (χ0v) is 10.6. The Kier molecular flexibility index (Phi) is 4.96. The topological polar surface area (TPSA) is 43.4 Å². The van der Waals surface area contributed by atoms with Crippen LogP contribution in [0.15, 0.2) is 24.3 Å². The second-order valence-corrected chi connectivity index (χ2v) is 5.90. The molecule has 0 amide bonds. The molecule has 90 valence electrons. The standard InChI is InChI=1S/C12H18O3S/c1-3-15-8-9-16(13,14)10-12-7-5-4-6-11(12)2/h4-7H,3,8-10H2,1-2H3. The molecule has 16 heavy (non-hydrogen) atoms. The van der Waals surface area contributed by atoms with Crippen LogP contribution < -0.4 is 0 Å². The monoisotopic (exact) mass is 242 g/mol. The summed E-state index contributed by atoms with van der Waals surface area (Å²) in [6.07, 6.45) is 0. The minimum atomic E-state index is -3.05. The van der Waals surface area contributed by atoms with Gasteiger partial charge in [-0.25, -0.2) is 8.42 Å². The molecule has 0 aliphatic heterocycles. The maximum absolute atomic E-state index is 11.7. The Morgan fingerprint density at radius 2 is 1.94 bits per heavy atom. The fraction of sp³-hybridized carbons (Fsp3) is 0.500. The van der Waals surface area contributed by atoms with Gasteiger partial charge in [-0.3, -0.25) is 0 Å². The second-order valence-electron chi connectivity index (χ2n) is 3.72. The molecule has 0 aromatic heterocycles. The van der Waals surface area contributed by atoms with E-state index in [9.17, 15) is 8.42 Å². The predicted octanol–water partition coefficient (Wildman–Crippen LogP) is 1.95. The van der Waals surface area contributed by atoms with Crippen LogP contribution in [0.25, 0.3) is 0 Å². The summed E-state index contributed by atoms with van der Waals surface area (Å²) in [5, 5.41) is 0. The molecule has 3 nitrogen and oxygen atoms in total. The van der Waals surface area contributed by atoms with Gasteiger partial charge >= 0.3 is 0 Å². The normalized spacial score (nSPS) is 11.6. The Morgan fingerprint density at radius 1 is 1.25 bits per heavy atom. The first-order valence-corrected chi connectivity index (χ1v) is 7.20. The molecule has 1 rings (SSSR count). The van der Waals surface area contributed by atoms with E-state index < -0.39 is 9.84 Å². The third-order valence-corrected chi connectivity index (χ3v) is 3.92. The summed E-state index contributed by atoms with van der Waals surface area (Å²) >= 11 is 0. The van der Waals surface area contributed by atoms with Gasteiger partial charge in [0.2, 0.25) is 0 Å². The van der Waals surface area contributed by atoms with Crippen LogP contribution in [0.4, 0.5) is 0 Å². The fourth-order valence-corrected chi connectivity index (χ4v) is 2.73. The van der Waals surface area contributed by atoms with Gasteiger partial charge in [0.25, 0.3) is 0 Å². The Morgan fingerprint density at radius 3 is 2.56 bits per heavy atom. The van der Waals surface area contributed by atoms with Crippen LogP contribution in [0.3, 0.4) is 0 Å². The van der Waals surface area contributed by atoms with Gasteiger partial charge < -0.3 is 4.74 Å². The summed E-state index contributed by atoms with van der Waals surface area (Å²) < 4.78 is 28.6. The molecule has 0 saturated heterocycles. The number of ether oxygens (including phenoxy) is 1. The molecule has 0 aliphatic rings. The van der Waals surface area contributed by atoms with E-state index in [-0.39, 0.29) is 18.1 Å². The number of aryl methyl sites for hydroxylation is 1. The third-order valence-electron chi connectivity index (χ3n) is 2.38. The molecule has 1 aromatic carbocycles. The second kappa shape index (κ2) is 6.01. The lowest BCUT2D eigenvalue weighted by atomic mass is 10.1. The van der Waals surface area contributed by atoms with Crippen molar-refractivity contribution in [1.29, 1.82) is 0 Å². The van der Waals surface area contributed by atoms with E-state index in [0.717, 1.165) is 11.1 Å². The first-order valence-electron chi connectivity index (χ1n) is 5.38.